The van der Waals surface area contributed by atoms with Crippen LogP contribution in [0.25, 0.3) is 5.69 Å². The highest BCUT2D eigenvalue weighted by Gasteiger charge is 2.26. The molecule has 1 aromatic heterocycles. The summed E-state index contributed by atoms with van der Waals surface area (Å²) in [6.07, 6.45) is 3.34. The highest BCUT2D eigenvalue weighted by Crippen LogP contribution is 2.18. The van der Waals surface area contributed by atoms with Gasteiger partial charge in [0.25, 0.3) is 5.91 Å². The molecule has 1 aliphatic rings. The van der Waals surface area contributed by atoms with E-state index in [1.165, 1.54) is 4.80 Å². The summed E-state index contributed by atoms with van der Waals surface area (Å²) >= 11 is 0. The van der Waals surface area contributed by atoms with Crippen LogP contribution in [0.2, 0.25) is 0 Å². The molecule has 1 aromatic carbocycles. The van der Waals surface area contributed by atoms with Crippen LogP contribution in [-0.2, 0) is 9.53 Å². The average molecular weight is 370 g/mol. The van der Waals surface area contributed by atoms with Crippen LogP contribution in [-0.4, -0.2) is 39.0 Å². The lowest BCUT2D eigenvalue weighted by atomic mass is 10.1. The van der Waals surface area contributed by atoms with Crippen LogP contribution in [0, 0.1) is 20.8 Å². The van der Waals surface area contributed by atoms with Crippen LogP contribution in [0.1, 0.15) is 59.9 Å². The monoisotopic (exact) mass is 370 g/mol. The summed E-state index contributed by atoms with van der Waals surface area (Å²) in [5.41, 5.74) is 3.53. The standard InChI is InChI=1S/C20H26N4O3/c1-12-9-10-17(13(2)11-12)24-22-14(3)18(23-24)20(26)27-15(4)19(25)21-16-7-5-6-8-16/h9-11,15-16H,5-8H2,1-4H3,(H,21,25)/t15-/m0/s1. The molecule has 1 saturated carbocycles. The zero-order chi connectivity index (χ0) is 19.6. The molecule has 0 spiro atoms. The van der Waals surface area contributed by atoms with Crippen LogP contribution in [0.3, 0.4) is 0 Å². The van der Waals surface area contributed by atoms with Crippen LogP contribution in [0.5, 0.6) is 0 Å². The van der Waals surface area contributed by atoms with E-state index in [-0.39, 0.29) is 17.6 Å². The minimum Gasteiger partial charge on any atom is -0.448 e. The van der Waals surface area contributed by atoms with Gasteiger partial charge in [0.2, 0.25) is 0 Å². The third kappa shape index (κ3) is 4.35. The largest absolute Gasteiger partial charge is 0.448 e. The lowest BCUT2D eigenvalue weighted by Crippen LogP contribution is -2.41. The van der Waals surface area contributed by atoms with Crippen LogP contribution in [0.15, 0.2) is 18.2 Å². The molecule has 7 heteroatoms. The first-order valence-electron chi connectivity index (χ1n) is 9.38. The van der Waals surface area contributed by atoms with E-state index in [1.54, 1.807) is 13.8 Å². The lowest BCUT2D eigenvalue weighted by Gasteiger charge is -2.16. The van der Waals surface area contributed by atoms with Crippen molar-refractivity contribution in [3.05, 3.63) is 40.7 Å². The Bertz CT molecular complexity index is 853. The lowest BCUT2D eigenvalue weighted by molar-refractivity contribution is -0.129. The van der Waals surface area contributed by atoms with Crippen LogP contribution < -0.4 is 5.32 Å². The Balaban J connectivity index is 1.69. The Kier molecular flexibility index (Phi) is 5.58. The summed E-state index contributed by atoms with van der Waals surface area (Å²) < 4.78 is 5.32. The average Bonchev–Trinajstić information content (AvgIpc) is 3.24. The smallest absolute Gasteiger partial charge is 0.361 e. The first-order valence-corrected chi connectivity index (χ1v) is 9.38. The molecule has 1 amide bonds. The minimum absolute atomic E-state index is 0.121. The van der Waals surface area contributed by atoms with Crippen LogP contribution in [0.4, 0.5) is 0 Å². The number of amides is 1. The van der Waals surface area contributed by atoms with Crippen molar-refractivity contribution in [3.8, 4) is 5.69 Å². The first kappa shape index (κ1) is 19.1. The zero-order valence-electron chi connectivity index (χ0n) is 16.3. The van der Waals surface area contributed by atoms with Crippen molar-refractivity contribution in [3.63, 3.8) is 0 Å². The van der Waals surface area contributed by atoms with Crippen molar-refractivity contribution in [1.82, 2.24) is 20.3 Å². The molecule has 1 fully saturated rings. The molecule has 1 atom stereocenters. The molecule has 2 aromatic rings. The van der Waals surface area contributed by atoms with E-state index in [1.807, 2.05) is 32.0 Å². The van der Waals surface area contributed by atoms with Crippen molar-refractivity contribution < 1.29 is 14.3 Å². The molecule has 3 rings (SSSR count). The predicted octanol–water partition coefficient (Wildman–Crippen LogP) is 2.80. The van der Waals surface area contributed by atoms with Crippen LogP contribution >= 0.6 is 0 Å². The number of aromatic nitrogens is 3. The van der Waals surface area contributed by atoms with Crippen molar-refractivity contribution >= 4 is 11.9 Å². The number of hydrogen-bond acceptors (Lipinski definition) is 5. The number of carbonyl (C=O) groups is 2. The van der Waals surface area contributed by atoms with Crippen molar-refractivity contribution in [2.24, 2.45) is 0 Å². The Labute approximate surface area is 159 Å². The highest BCUT2D eigenvalue weighted by atomic mass is 16.5. The molecule has 0 radical (unpaired) electrons. The second kappa shape index (κ2) is 7.90. The SMILES string of the molecule is Cc1ccc(-n2nc(C)c(C(=O)O[C@@H](C)C(=O)NC3CCCC3)n2)c(C)c1. The maximum atomic E-state index is 12.5. The minimum atomic E-state index is -0.872. The number of benzene rings is 1. The second-order valence-corrected chi connectivity index (χ2v) is 7.25. The first-order chi connectivity index (χ1) is 12.8. The maximum Gasteiger partial charge on any atom is 0.361 e. The van der Waals surface area contributed by atoms with Gasteiger partial charge < -0.3 is 10.1 Å². The Morgan fingerprint density at radius 2 is 1.89 bits per heavy atom. The Morgan fingerprint density at radius 3 is 2.56 bits per heavy atom. The summed E-state index contributed by atoms with van der Waals surface area (Å²) in [5.74, 6) is -0.910. The van der Waals surface area contributed by atoms with Gasteiger partial charge >= 0.3 is 5.97 Å². The number of nitrogens with one attached hydrogen (secondary N) is 1. The van der Waals surface area contributed by atoms with E-state index in [4.69, 9.17) is 4.74 Å². The number of nitrogens with zero attached hydrogens (tertiary/aromatic N) is 3. The van der Waals surface area contributed by atoms with Gasteiger partial charge in [-0.25, -0.2) is 4.79 Å². The quantitative estimate of drug-likeness (QED) is 0.818. The molecule has 144 valence electrons. The Morgan fingerprint density at radius 1 is 1.19 bits per heavy atom. The molecule has 1 N–H and O–H groups in total. The number of rotatable bonds is 5. The van der Waals surface area contributed by atoms with E-state index in [0.717, 1.165) is 42.5 Å². The summed E-state index contributed by atoms with van der Waals surface area (Å²) in [7, 11) is 0. The Hall–Kier alpha value is -2.70. The van der Waals surface area contributed by atoms with E-state index in [9.17, 15) is 9.59 Å². The van der Waals surface area contributed by atoms with Gasteiger partial charge in [-0.1, -0.05) is 30.5 Å². The predicted molar refractivity (Wildman–Crippen MR) is 101 cm³/mol. The summed E-state index contributed by atoms with van der Waals surface area (Å²) in [6, 6.07) is 6.10. The summed E-state index contributed by atoms with van der Waals surface area (Å²) in [5, 5.41) is 11.6. The van der Waals surface area contributed by atoms with Gasteiger partial charge in [0.05, 0.1) is 11.4 Å². The van der Waals surface area contributed by atoms with Crippen molar-refractivity contribution in [1.29, 1.82) is 0 Å². The van der Waals surface area contributed by atoms with Gasteiger partial charge in [0, 0.05) is 6.04 Å². The number of esters is 1. The molecule has 7 nitrogen and oxygen atoms in total. The van der Waals surface area contributed by atoms with Gasteiger partial charge in [-0.3, -0.25) is 4.79 Å². The number of aryl methyl sites for hydroxylation is 3. The molecule has 27 heavy (non-hydrogen) atoms. The normalized spacial score (nSPS) is 15.6. The molecular weight excluding hydrogens is 344 g/mol. The fourth-order valence-electron chi connectivity index (χ4n) is 3.36. The fourth-order valence-corrected chi connectivity index (χ4v) is 3.36. The molecule has 0 saturated heterocycles. The number of hydrogen-bond donors (Lipinski definition) is 1. The molecule has 1 aliphatic carbocycles. The van der Waals surface area contributed by atoms with E-state index >= 15 is 0 Å². The molecule has 0 aliphatic heterocycles. The third-order valence-corrected chi connectivity index (χ3v) is 4.90. The van der Waals surface area contributed by atoms with Gasteiger partial charge in [0.1, 0.15) is 0 Å². The van der Waals surface area contributed by atoms with Crippen molar-refractivity contribution in [2.75, 3.05) is 0 Å². The fraction of sp³-hybridized carbons (Fsp3) is 0.500. The number of carbonyl (C=O) groups excluding carboxylic acids is 2. The van der Waals surface area contributed by atoms with Gasteiger partial charge in [-0.05, 0) is 52.2 Å². The third-order valence-electron chi connectivity index (χ3n) is 4.90. The van der Waals surface area contributed by atoms with E-state index in [0.29, 0.717) is 5.69 Å². The highest BCUT2D eigenvalue weighted by molar-refractivity contribution is 5.91. The molecular formula is C20H26N4O3. The van der Waals surface area contributed by atoms with Crippen molar-refractivity contribution in [2.45, 2.75) is 65.5 Å². The molecule has 0 bridgehead atoms. The van der Waals surface area contributed by atoms with E-state index < -0.39 is 12.1 Å². The van der Waals surface area contributed by atoms with Gasteiger partial charge in [0.15, 0.2) is 11.8 Å². The molecule has 1 heterocycles. The van der Waals surface area contributed by atoms with Gasteiger partial charge in [-0.2, -0.15) is 9.90 Å². The number of ether oxygens (including phenoxy) is 1. The van der Waals surface area contributed by atoms with E-state index in [2.05, 4.69) is 15.5 Å². The maximum absolute atomic E-state index is 12.5. The topological polar surface area (TPSA) is 86.1 Å². The summed E-state index contributed by atoms with van der Waals surface area (Å²) in [6.45, 7) is 7.26. The second-order valence-electron chi connectivity index (χ2n) is 7.25. The zero-order valence-corrected chi connectivity index (χ0v) is 16.3. The molecule has 0 unspecified atom stereocenters. The summed E-state index contributed by atoms with van der Waals surface area (Å²) in [4.78, 5) is 26.1. The van der Waals surface area contributed by atoms with Gasteiger partial charge in [-0.15, -0.1) is 5.10 Å².